The van der Waals surface area contributed by atoms with Gasteiger partial charge in [-0.3, -0.25) is 4.99 Å². The van der Waals surface area contributed by atoms with Gasteiger partial charge in [0.1, 0.15) is 5.82 Å². The molecule has 0 amide bonds. The standard InChI is InChI=1S/C21H23FN2OS.BrH/c1-15-21(25,24-14-6-5-13-23-20(24)26-15)19(16-7-3-2-4-8-16)17-9-11-18(22)12-10-17;/h2-4,7-12,15,19,25H,5-6,13-14H2,1H3;1H. The zero-order valence-electron chi connectivity index (χ0n) is 15.2. The van der Waals surface area contributed by atoms with Gasteiger partial charge in [-0.05, 0) is 43.0 Å². The molecule has 2 aliphatic heterocycles. The van der Waals surface area contributed by atoms with E-state index >= 15 is 0 Å². The summed E-state index contributed by atoms with van der Waals surface area (Å²) in [5, 5.41) is 12.9. The van der Waals surface area contributed by atoms with Crippen molar-refractivity contribution in [2.75, 3.05) is 13.1 Å². The third-order valence-corrected chi connectivity index (χ3v) is 6.60. The quantitative estimate of drug-likeness (QED) is 0.728. The van der Waals surface area contributed by atoms with Gasteiger partial charge in [0.05, 0.1) is 11.2 Å². The Kier molecular flexibility index (Phi) is 6.28. The maximum Gasteiger partial charge on any atom is 0.162 e. The molecule has 1 fully saturated rings. The molecule has 2 aromatic carbocycles. The van der Waals surface area contributed by atoms with E-state index in [4.69, 9.17) is 4.99 Å². The van der Waals surface area contributed by atoms with Crippen LogP contribution in [0.3, 0.4) is 0 Å². The lowest BCUT2D eigenvalue weighted by Crippen LogP contribution is -2.55. The van der Waals surface area contributed by atoms with Gasteiger partial charge in [-0.2, -0.15) is 0 Å². The summed E-state index contributed by atoms with van der Waals surface area (Å²) in [7, 11) is 0. The van der Waals surface area contributed by atoms with Gasteiger partial charge >= 0.3 is 0 Å². The van der Waals surface area contributed by atoms with Gasteiger partial charge < -0.3 is 10.0 Å². The van der Waals surface area contributed by atoms with Crippen molar-refractivity contribution < 1.29 is 9.50 Å². The number of fused-ring (bicyclic) bond motifs is 1. The Balaban J connectivity index is 0.00000210. The molecule has 6 heteroatoms. The maximum absolute atomic E-state index is 13.5. The summed E-state index contributed by atoms with van der Waals surface area (Å²) in [5.41, 5.74) is 0.838. The van der Waals surface area contributed by atoms with Gasteiger partial charge in [-0.1, -0.05) is 54.2 Å². The lowest BCUT2D eigenvalue weighted by molar-refractivity contribution is -0.0736. The number of halogens is 2. The van der Waals surface area contributed by atoms with Gasteiger partial charge in [0.2, 0.25) is 0 Å². The van der Waals surface area contributed by atoms with E-state index < -0.39 is 5.72 Å². The summed E-state index contributed by atoms with van der Waals surface area (Å²) >= 11 is 1.64. The summed E-state index contributed by atoms with van der Waals surface area (Å²) in [6.07, 6.45) is 2.05. The van der Waals surface area contributed by atoms with Crippen LogP contribution in [0.25, 0.3) is 0 Å². The minimum absolute atomic E-state index is 0. The summed E-state index contributed by atoms with van der Waals surface area (Å²) in [6, 6.07) is 16.5. The van der Waals surface area contributed by atoms with Crippen LogP contribution >= 0.6 is 28.7 Å². The van der Waals surface area contributed by atoms with E-state index in [0.717, 1.165) is 42.2 Å². The number of benzene rings is 2. The van der Waals surface area contributed by atoms with E-state index in [1.54, 1.807) is 23.9 Å². The predicted octanol–water partition coefficient (Wildman–Crippen LogP) is 4.81. The van der Waals surface area contributed by atoms with Crippen LogP contribution in [0, 0.1) is 5.82 Å². The van der Waals surface area contributed by atoms with Crippen molar-refractivity contribution in [3.63, 3.8) is 0 Å². The van der Waals surface area contributed by atoms with Crippen molar-refractivity contribution in [3.05, 3.63) is 71.5 Å². The topological polar surface area (TPSA) is 35.8 Å². The number of rotatable bonds is 3. The van der Waals surface area contributed by atoms with E-state index in [0.29, 0.717) is 0 Å². The highest BCUT2D eigenvalue weighted by Crippen LogP contribution is 2.49. The normalized spacial score (nSPS) is 25.8. The van der Waals surface area contributed by atoms with Crippen LogP contribution < -0.4 is 0 Å². The molecule has 2 heterocycles. The number of aliphatic hydroxyl groups is 1. The minimum atomic E-state index is -1.10. The van der Waals surface area contributed by atoms with Gasteiger partial charge in [0.15, 0.2) is 10.9 Å². The van der Waals surface area contributed by atoms with Crippen LogP contribution in [0.1, 0.15) is 36.8 Å². The summed E-state index contributed by atoms with van der Waals surface area (Å²) in [5.74, 6) is -0.545. The molecule has 144 valence electrons. The van der Waals surface area contributed by atoms with Crippen molar-refractivity contribution in [2.45, 2.75) is 36.7 Å². The lowest BCUT2D eigenvalue weighted by atomic mass is 9.80. The van der Waals surface area contributed by atoms with Crippen LogP contribution in [0.15, 0.2) is 59.6 Å². The van der Waals surface area contributed by atoms with Crippen LogP contribution in [0.4, 0.5) is 4.39 Å². The van der Waals surface area contributed by atoms with Crippen molar-refractivity contribution in [2.24, 2.45) is 4.99 Å². The zero-order valence-corrected chi connectivity index (χ0v) is 17.7. The molecule has 4 rings (SSSR count). The highest BCUT2D eigenvalue weighted by atomic mass is 79.9. The van der Waals surface area contributed by atoms with Gasteiger partial charge in [0, 0.05) is 13.1 Å². The fraction of sp³-hybridized carbons (Fsp3) is 0.381. The van der Waals surface area contributed by atoms with E-state index in [9.17, 15) is 9.50 Å². The molecule has 0 aliphatic carbocycles. The number of nitrogens with zero attached hydrogens (tertiary/aromatic N) is 2. The molecule has 0 aromatic heterocycles. The average molecular weight is 451 g/mol. The smallest absolute Gasteiger partial charge is 0.162 e. The van der Waals surface area contributed by atoms with Crippen LogP contribution in [0.5, 0.6) is 0 Å². The van der Waals surface area contributed by atoms with Crippen LogP contribution in [0.2, 0.25) is 0 Å². The SMILES string of the molecule is Br.CC1SC2=NCCCCN2C1(O)C(c1ccccc1)c1ccc(F)cc1. The largest absolute Gasteiger partial charge is 0.369 e. The molecular formula is C21H24BrFN2OS. The number of hydrogen-bond donors (Lipinski definition) is 1. The fourth-order valence-electron chi connectivity index (χ4n) is 4.01. The summed E-state index contributed by atoms with van der Waals surface area (Å²) in [6.45, 7) is 3.66. The van der Waals surface area contributed by atoms with E-state index in [-0.39, 0.29) is 34.0 Å². The Hall–Kier alpha value is -1.37. The Morgan fingerprint density at radius 3 is 2.48 bits per heavy atom. The average Bonchev–Trinajstić information content (AvgIpc) is 2.81. The monoisotopic (exact) mass is 450 g/mol. The fourth-order valence-corrected chi connectivity index (χ4v) is 5.29. The molecule has 3 atom stereocenters. The highest BCUT2D eigenvalue weighted by molar-refractivity contribution is 8.93. The second kappa shape index (κ2) is 8.33. The lowest BCUT2D eigenvalue weighted by Gasteiger charge is -2.43. The third-order valence-electron chi connectivity index (χ3n) is 5.34. The third kappa shape index (κ3) is 3.67. The molecule has 0 spiro atoms. The Morgan fingerprint density at radius 1 is 1.11 bits per heavy atom. The van der Waals surface area contributed by atoms with Crippen molar-refractivity contribution in [1.29, 1.82) is 0 Å². The maximum atomic E-state index is 13.5. The van der Waals surface area contributed by atoms with Crippen molar-refractivity contribution >= 4 is 33.9 Å². The first-order valence-corrected chi connectivity index (χ1v) is 10.00. The Morgan fingerprint density at radius 2 is 1.78 bits per heavy atom. The number of thioether (sulfide) groups is 1. The zero-order chi connectivity index (χ0) is 18.1. The number of hydrogen-bond acceptors (Lipinski definition) is 4. The second-order valence-electron chi connectivity index (χ2n) is 6.96. The van der Waals surface area contributed by atoms with E-state index in [1.807, 2.05) is 30.3 Å². The number of aliphatic imine (C=N–C) groups is 1. The number of amidine groups is 1. The van der Waals surface area contributed by atoms with E-state index in [2.05, 4.69) is 11.8 Å². The van der Waals surface area contributed by atoms with Gasteiger partial charge in [0.25, 0.3) is 0 Å². The molecular weight excluding hydrogens is 427 g/mol. The Bertz CT molecular complexity index is 802. The van der Waals surface area contributed by atoms with Crippen molar-refractivity contribution in [1.82, 2.24) is 4.90 Å². The molecule has 27 heavy (non-hydrogen) atoms. The molecule has 0 bridgehead atoms. The first-order chi connectivity index (χ1) is 12.6. The van der Waals surface area contributed by atoms with Crippen molar-refractivity contribution in [3.8, 4) is 0 Å². The van der Waals surface area contributed by atoms with Gasteiger partial charge in [-0.15, -0.1) is 17.0 Å². The van der Waals surface area contributed by atoms with E-state index in [1.165, 1.54) is 12.1 Å². The predicted molar refractivity (Wildman–Crippen MR) is 115 cm³/mol. The summed E-state index contributed by atoms with van der Waals surface area (Å²) < 4.78 is 13.5. The molecule has 3 nitrogen and oxygen atoms in total. The molecule has 1 saturated heterocycles. The molecule has 3 unspecified atom stereocenters. The minimum Gasteiger partial charge on any atom is -0.369 e. The molecule has 0 saturated carbocycles. The highest BCUT2D eigenvalue weighted by Gasteiger charge is 2.55. The first kappa shape index (κ1) is 20.4. The Labute approximate surface area is 174 Å². The molecule has 0 radical (unpaired) electrons. The molecule has 1 N–H and O–H groups in total. The van der Waals surface area contributed by atoms with Crippen LogP contribution in [-0.4, -0.2) is 39.2 Å². The van der Waals surface area contributed by atoms with Gasteiger partial charge in [-0.25, -0.2) is 4.39 Å². The van der Waals surface area contributed by atoms with Crippen LogP contribution in [-0.2, 0) is 0 Å². The molecule has 2 aromatic rings. The summed E-state index contributed by atoms with van der Waals surface area (Å²) in [4.78, 5) is 6.78. The second-order valence-corrected chi connectivity index (χ2v) is 8.27. The first-order valence-electron chi connectivity index (χ1n) is 9.12. The molecule has 2 aliphatic rings.